The molecule has 0 fully saturated rings. The predicted octanol–water partition coefficient (Wildman–Crippen LogP) is 1.13. The molecule has 0 aromatic heterocycles. The lowest BCUT2D eigenvalue weighted by molar-refractivity contribution is -0.175. The van der Waals surface area contributed by atoms with Crippen LogP contribution in [0.25, 0.3) is 0 Å². The van der Waals surface area contributed by atoms with Crippen LogP contribution in [0.5, 0.6) is 0 Å². The maximum absolute atomic E-state index is 12.2. The van der Waals surface area contributed by atoms with Crippen LogP contribution in [0.15, 0.2) is 24.3 Å². The zero-order valence-electron chi connectivity index (χ0n) is 10.9. The Bertz CT molecular complexity index is 535. The molecule has 2 rings (SSSR count). The summed E-state index contributed by atoms with van der Waals surface area (Å²) in [6.07, 6.45) is -5.10. The standard InChI is InChI=1S/C13H13F3N2O3/c14-13(15,16)12(21)17-10(11(19)20)7-18-5-8-3-1-2-4-9(8)6-18/h1-4,10H,5-7H2,(H,17,21)(H,19,20). The Labute approximate surface area is 118 Å². The second-order valence-electron chi connectivity index (χ2n) is 4.80. The third-order valence-corrected chi connectivity index (χ3v) is 3.21. The number of rotatable bonds is 4. The van der Waals surface area contributed by atoms with E-state index in [1.54, 1.807) is 4.90 Å². The monoisotopic (exact) mass is 302 g/mol. The molecule has 0 spiro atoms. The van der Waals surface area contributed by atoms with Gasteiger partial charge in [0.05, 0.1) is 0 Å². The fourth-order valence-electron chi connectivity index (χ4n) is 2.22. The summed E-state index contributed by atoms with van der Waals surface area (Å²) in [6, 6.07) is 5.82. The largest absolute Gasteiger partial charge is 0.480 e. The molecule has 1 aromatic carbocycles. The molecule has 1 aromatic rings. The first kappa shape index (κ1) is 15.3. The lowest BCUT2D eigenvalue weighted by Gasteiger charge is -2.21. The summed E-state index contributed by atoms with van der Waals surface area (Å²) in [5.74, 6) is -3.74. The molecule has 114 valence electrons. The first-order valence-corrected chi connectivity index (χ1v) is 6.17. The zero-order chi connectivity index (χ0) is 15.6. The molecule has 0 saturated carbocycles. The average Bonchev–Trinajstić information content (AvgIpc) is 2.78. The molecule has 8 heteroatoms. The van der Waals surface area contributed by atoms with E-state index in [0.717, 1.165) is 11.1 Å². The van der Waals surface area contributed by atoms with Gasteiger partial charge < -0.3 is 10.4 Å². The highest BCUT2D eigenvalue weighted by atomic mass is 19.4. The average molecular weight is 302 g/mol. The maximum Gasteiger partial charge on any atom is 0.471 e. The molecule has 0 saturated heterocycles. The third-order valence-electron chi connectivity index (χ3n) is 3.21. The Kier molecular flexibility index (Phi) is 4.17. The van der Waals surface area contributed by atoms with Gasteiger partial charge in [-0.1, -0.05) is 24.3 Å². The summed E-state index contributed by atoms with van der Waals surface area (Å²) < 4.78 is 36.5. The number of halogens is 3. The van der Waals surface area contributed by atoms with Crippen LogP contribution in [0.2, 0.25) is 0 Å². The minimum Gasteiger partial charge on any atom is -0.480 e. The van der Waals surface area contributed by atoms with Crippen LogP contribution in [0.4, 0.5) is 13.2 Å². The molecule has 1 atom stereocenters. The van der Waals surface area contributed by atoms with E-state index in [0.29, 0.717) is 13.1 Å². The molecule has 1 aliphatic heterocycles. The van der Waals surface area contributed by atoms with Gasteiger partial charge in [0, 0.05) is 19.6 Å². The van der Waals surface area contributed by atoms with Crippen LogP contribution in [0.3, 0.4) is 0 Å². The van der Waals surface area contributed by atoms with Crippen LogP contribution < -0.4 is 5.32 Å². The number of fused-ring (bicyclic) bond motifs is 1. The van der Waals surface area contributed by atoms with E-state index in [-0.39, 0.29) is 6.54 Å². The molecular weight excluding hydrogens is 289 g/mol. The predicted molar refractivity (Wildman–Crippen MR) is 66.2 cm³/mol. The second kappa shape index (κ2) is 5.72. The number of aliphatic carboxylic acids is 1. The fourth-order valence-corrected chi connectivity index (χ4v) is 2.22. The van der Waals surface area contributed by atoms with Crippen LogP contribution in [-0.2, 0) is 22.7 Å². The van der Waals surface area contributed by atoms with Crippen molar-refractivity contribution in [3.8, 4) is 0 Å². The maximum atomic E-state index is 12.2. The van der Waals surface area contributed by atoms with Crippen molar-refractivity contribution < 1.29 is 27.9 Å². The second-order valence-corrected chi connectivity index (χ2v) is 4.80. The van der Waals surface area contributed by atoms with Gasteiger partial charge >= 0.3 is 18.1 Å². The minimum atomic E-state index is -5.10. The van der Waals surface area contributed by atoms with Gasteiger partial charge in [-0.2, -0.15) is 13.2 Å². The van der Waals surface area contributed by atoms with E-state index in [1.165, 1.54) is 5.32 Å². The molecule has 2 N–H and O–H groups in total. The van der Waals surface area contributed by atoms with Gasteiger partial charge in [0.1, 0.15) is 6.04 Å². The van der Waals surface area contributed by atoms with E-state index in [2.05, 4.69) is 0 Å². The highest BCUT2D eigenvalue weighted by Crippen LogP contribution is 2.22. The van der Waals surface area contributed by atoms with Gasteiger partial charge in [0.15, 0.2) is 0 Å². The van der Waals surface area contributed by atoms with E-state index in [1.807, 2.05) is 24.3 Å². The van der Waals surface area contributed by atoms with Crippen LogP contribution in [0, 0.1) is 0 Å². The SMILES string of the molecule is O=C(O)C(CN1Cc2ccccc2C1)NC(=O)C(F)(F)F. The van der Waals surface area contributed by atoms with E-state index < -0.39 is 24.1 Å². The number of hydrogen-bond acceptors (Lipinski definition) is 3. The third kappa shape index (κ3) is 3.72. The molecular formula is C13H13F3N2O3. The van der Waals surface area contributed by atoms with Crippen LogP contribution >= 0.6 is 0 Å². The topological polar surface area (TPSA) is 69.6 Å². The Morgan fingerprint density at radius 1 is 1.24 bits per heavy atom. The summed E-state index contributed by atoms with van der Waals surface area (Å²) in [4.78, 5) is 23.5. The molecule has 1 heterocycles. The first-order chi connectivity index (χ1) is 9.77. The molecule has 0 radical (unpaired) electrons. The quantitative estimate of drug-likeness (QED) is 0.875. The number of carbonyl (C=O) groups is 2. The van der Waals surface area contributed by atoms with Crippen LogP contribution in [0.1, 0.15) is 11.1 Å². The Morgan fingerprint density at radius 3 is 2.19 bits per heavy atom. The smallest absolute Gasteiger partial charge is 0.471 e. The highest BCUT2D eigenvalue weighted by molar-refractivity contribution is 5.87. The highest BCUT2D eigenvalue weighted by Gasteiger charge is 2.41. The van der Waals surface area contributed by atoms with Crippen molar-refractivity contribution in [3.63, 3.8) is 0 Å². The normalized spacial score (nSPS) is 16.3. The molecule has 21 heavy (non-hydrogen) atoms. The number of carboxylic acid groups (broad SMARTS) is 1. The number of alkyl halides is 3. The van der Waals surface area contributed by atoms with Gasteiger partial charge in [0.25, 0.3) is 0 Å². The van der Waals surface area contributed by atoms with Crippen molar-refractivity contribution in [1.29, 1.82) is 0 Å². The lowest BCUT2D eigenvalue weighted by Crippen LogP contribution is -2.51. The van der Waals surface area contributed by atoms with Gasteiger partial charge in [-0.3, -0.25) is 9.69 Å². The number of amides is 1. The summed E-state index contributed by atoms with van der Waals surface area (Å²) in [5.41, 5.74) is 2.01. The fraction of sp³-hybridized carbons (Fsp3) is 0.385. The molecule has 1 unspecified atom stereocenters. The van der Waals surface area contributed by atoms with Gasteiger partial charge in [-0.15, -0.1) is 0 Å². The number of nitrogens with one attached hydrogen (secondary N) is 1. The van der Waals surface area contributed by atoms with Crippen LogP contribution in [-0.4, -0.2) is 40.6 Å². The van der Waals surface area contributed by atoms with Crippen molar-refractivity contribution in [3.05, 3.63) is 35.4 Å². The van der Waals surface area contributed by atoms with Crippen molar-refractivity contribution in [1.82, 2.24) is 10.2 Å². The number of carboxylic acids is 1. The molecule has 0 bridgehead atoms. The molecule has 1 aliphatic rings. The summed E-state index contributed by atoms with van der Waals surface area (Å²) in [5, 5.41) is 10.5. The summed E-state index contributed by atoms with van der Waals surface area (Å²) in [7, 11) is 0. The number of hydrogen-bond donors (Lipinski definition) is 2. The van der Waals surface area contributed by atoms with Gasteiger partial charge in [-0.25, -0.2) is 4.79 Å². The lowest BCUT2D eigenvalue weighted by atomic mass is 10.1. The summed E-state index contributed by atoms with van der Waals surface area (Å²) >= 11 is 0. The Morgan fingerprint density at radius 2 is 1.76 bits per heavy atom. The Balaban J connectivity index is 1.99. The van der Waals surface area contributed by atoms with Crippen molar-refractivity contribution >= 4 is 11.9 Å². The number of nitrogens with zero attached hydrogens (tertiary/aromatic N) is 1. The van der Waals surface area contributed by atoms with Crippen molar-refractivity contribution in [2.75, 3.05) is 6.54 Å². The minimum absolute atomic E-state index is 0.189. The van der Waals surface area contributed by atoms with Crippen molar-refractivity contribution in [2.24, 2.45) is 0 Å². The summed E-state index contributed by atoms with van der Waals surface area (Å²) in [6.45, 7) is 0.704. The van der Waals surface area contributed by atoms with E-state index in [9.17, 15) is 22.8 Å². The van der Waals surface area contributed by atoms with Crippen molar-refractivity contribution in [2.45, 2.75) is 25.3 Å². The first-order valence-electron chi connectivity index (χ1n) is 6.17. The number of benzene rings is 1. The van der Waals surface area contributed by atoms with E-state index >= 15 is 0 Å². The van der Waals surface area contributed by atoms with E-state index in [4.69, 9.17) is 5.11 Å². The molecule has 5 nitrogen and oxygen atoms in total. The Hall–Kier alpha value is -2.09. The van der Waals surface area contributed by atoms with Gasteiger partial charge in [-0.05, 0) is 11.1 Å². The van der Waals surface area contributed by atoms with Gasteiger partial charge in [0.2, 0.25) is 0 Å². The number of carbonyl (C=O) groups excluding carboxylic acids is 1. The molecule has 0 aliphatic carbocycles. The molecule has 1 amide bonds. The zero-order valence-corrected chi connectivity index (χ0v) is 10.9.